The molecule has 144 valence electrons. The van der Waals surface area contributed by atoms with E-state index < -0.39 is 11.6 Å². The molecule has 1 aromatic carbocycles. The first-order valence-corrected chi connectivity index (χ1v) is 9.02. The lowest BCUT2D eigenvalue weighted by Gasteiger charge is -2.21. The highest BCUT2D eigenvalue weighted by Crippen LogP contribution is 2.29. The van der Waals surface area contributed by atoms with Crippen LogP contribution in [0.5, 0.6) is 5.75 Å². The zero-order chi connectivity index (χ0) is 19.8. The lowest BCUT2D eigenvalue weighted by molar-refractivity contribution is 0.00605. The molecule has 7 nitrogen and oxygen atoms in total. The third-order valence-electron chi connectivity index (χ3n) is 4.27. The normalized spacial score (nSPS) is 13.7. The summed E-state index contributed by atoms with van der Waals surface area (Å²) in [5.41, 5.74) is 1.46. The van der Waals surface area contributed by atoms with Crippen LogP contribution in [0.4, 0.5) is 0 Å². The van der Waals surface area contributed by atoms with Gasteiger partial charge in [-0.05, 0) is 45.4 Å². The summed E-state index contributed by atoms with van der Waals surface area (Å²) in [5.74, 6) is 0.0242. The van der Waals surface area contributed by atoms with E-state index in [4.69, 9.17) is 9.47 Å². The van der Waals surface area contributed by atoms with Crippen LogP contribution in [0.15, 0.2) is 24.5 Å². The molecule has 1 amide bonds. The predicted molar refractivity (Wildman–Crippen MR) is 100 cm³/mol. The first kappa shape index (κ1) is 18.9. The van der Waals surface area contributed by atoms with Crippen LogP contribution >= 0.6 is 0 Å². The van der Waals surface area contributed by atoms with E-state index in [1.165, 1.54) is 0 Å². The van der Waals surface area contributed by atoms with E-state index in [0.29, 0.717) is 29.2 Å². The van der Waals surface area contributed by atoms with Gasteiger partial charge in [0.15, 0.2) is 5.69 Å². The standard InChI is InChI=1S/C20H25N3O4/c1-6-9-22-11-16-17(19(25)27-20(2,3)4)21-12-23(16)15-8-7-13(26-5)10-14(15)18(22)24/h7-8,10,12H,6,9,11H2,1-5H3. The second-order valence-electron chi connectivity index (χ2n) is 7.52. The van der Waals surface area contributed by atoms with E-state index >= 15 is 0 Å². The molecule has 1 aromatic heterocycles. The fourth-order valence-electron chi connectivity index (χ4n) is 3.13. The van der Waals surface area contributed by atoms with E-state index in [-0.39, 0.29) is 18.1 Å². The number of ether oxygens (including phenoxy) is 2. The van der Waals surface area contributed by atoms with Crippen molar-refractivity contribution in [1.82, 2.24) is 14.5 Å². The van der Waals surface area contributed by atoms with Gasteiger partial charge in [-0.2, -0.15) is 0 Å². The van der Waals surface area contributed by atoms with E-state index in [1.807, 2.05) is 33.8 Å². The fraction of sp³-hybridized carbons (Fsp3) is 0.450. The number of amides is 1. The van der Waals surface area contributed by atoms with Gasteiger partial charge in [0.25, 0.3) is 5.91 Å². The molecule has 0 saturated carbocycles. The molecule has 3 rings (SSSR count). The average Bonchev–Trinajstić information content (AvgIpc) is 2.98. The molecule has 27 heavy (non-hydrogen) atoms. The highest BCUT2D eigenvalue weighted by atomic mass is 16.6. The maximum atomic E-state index is 13.1. The number of rotatable bonds is 4. The third-order valence-corrected chi connectivity index (χ3v) is 4.27. The van der Waals surface area contributed by atoms with Gasteiger partial charge in [0.2, 0.25) is 0 Å². The zero-order valence-corrected chi connectivity index (χ0v) is 16.4. The van der Waals surface area contributed by atoms with Crippen LogP contribution in [0.3, 0.4) is 0 Å². The molecule has 0 N–H and O–H groups in total. The Morgan fingerprint density at radius 1 is 1.30 bits per heavy atom. The molecule has 0 fully saturated rings. The van der Waals surface area contributed by atoms with Crippen LogP contribution in [-0.2, 0) is 11.3 Å². The summed E-state index contributed by atoms with van der Waals surface area (Å²) in [5, 5.41) is 0. The Kier molecular flexibility index (Phi) is 4.95. The minimum Gasteiger partial charge on any atom is -0.497 e. The molecule has 2 heterocycles. The number of benzene rings is 1. The van der Waals surface area contributed by atoms with E-state index in [9.17, 15) is 9.59 Å². The monoisotopic (exact) mass is 371 g/mol. The first-order valence-electron chi connectivity index (χ1n) is 9.02. The van der Waals surface area contributed by atoms with Crippen LogP contribution in [0.25, 0.3) is 5.69 Å². The van der Waals surface area contributed by atoms with Gasteiger partial charge in [-0.15, -0.1) is 0 Å². The average molecular weight is 371 g/mol. The van der Waals surface area contributed by atoms with Gasteiger partial charge >= 0.3 is 5.97 Å². The van der Waals surface area contributed by atoms with Crippen LogP contribution < -0.4 is 4.74 Å². The number of imidazole rings is 1. The smallest absolute Gasteiger partial charge is 0.359 e. The lowest BCUT2D eigenvalue weighted by atomic mass is 10.1. The number of esters is 1. The van der Waals surface area contributed by atoms with E-state index in [1.54, 1.807) is 35.0 Å². The van der Waals surface area contributed by atoms with E-state index in [0.717, 1.165) is 6.42 Å². The number of carbonyl (C=O) groups excluding carboxylic acids is 2. The van der Waals surface area contributed by atoms with Crippen molar-refractivity contribution < 1.29 is 19.1 Å². The van der Waals surface area contributed by atoms with Crippen molar-refractivity contribution in [2.24, 2.45) is 0 Å². The molecule has 1 aliphatic heterocycles. The summed E-state index contributed by atoms with van der Waals surface area (Å²) in [6.07, 6.45) is 2.38. The number of fused-ring (bicyclic) bond motifs is 3. The van der Waals surface area contributed by atoms with Gasteiger partial charge in [0, 0.05) is 6.54 Å². The lowest BCUT2D eigenvalue weighted by Crippen LogP contribution is -2.31. The van der Waals surface area contributed by atoms with Gasteiger partial charge in [0.05, 0.1) is 30.6 Å². The van der Waals surface area contributed by atoms with Gasteiger partial charge < -0.3 is 14.4 Å². The molecule has 0 unspecified atom stereocenters. The summed E-state index contributed by atoms with van der Waals surface area (Å²) < 4.78 is 12.6. The molecular formula is C20H25N3O4. The van der Waals surface area contributed by atoms with Crippen molar-refractivity contribution >= 4 is 11.9 Å². The summed E-state index contributed by atoms with van der Waals surface area (Å²) in [6.45, 7) is 8.32. The van der Waals surface area contributed by atoms with Crippen molar-refractivity contribution in [3.05, 3.63) is 41.5 Å². The maximum absolute atomic E-state index is 13.1. The highest BCUT2D eigenvalue weighted by Gasteiger charge is 2.31. The molecule has 0 spiro atoms. The number of hydrogen-bond acceptors (Lipinski definition) is 5. The SMILES string of the molecule is CCCN1Cc2c(C(=O)OC(C)(C)C)ncn2-c2ccc(OC)cc2C1=O. The van der Waals surface area contributed by atoms with Crippen LogP contribution in [0.2, 0.25) is 0 Å². The van der Waals surface area contributed by atoms with E-state index in [2.05, 4.69) is 4.98 Å². The minimum atomic E-state index is -0.623. The van der Waals surface area contributed by atoms with Crippen LogP contribution in [-0.4, -0.2) is 45.6 Å². The van der Waals surface area contributed by atoms with Crippen molar-refractivity contribution in [2.45, 2.75) is 46.3 Å². The van der Waals surface area contributed by atoms with Gasteiger partial charge in [-0.1, -0.05) is 6.92 Å². The quantitative estimate of drug-likeness (QED) is 0.772. The highest BCUT2D eigenvalue weighted by molar-refractivity contribution is 5.99. The van der Waals surface area contributed by atoms with Gasteiger partial charge in [0.1, 0.15) is 17.7 Å². The molecule has 1 aliphatic rings. The molecule has 0 radical (unpaired) electrons. The van der Waals surface area contributed by atoms with Gasteiger partial charge in [-0.25, -0.2) is 9.78 Å². The Morgan fingerprint density at radius 3 is 2.67 bits per heavy atom. The van der Waals surface area contributed by atoms with Crippen molar-refractivity contribution in [3.63, 3.8) is 0 Å². The molecule has 0 bridgehead atoms. The summed E-state index contributed by atoms with van der Waals surface area (Å²) >= 11 is 0. The summed E-state index contributed by atoms with van der Waals surface area (Å²) in [6, 6.07) is 5.33. The van der Waals surface area contributed by atoms with Crippen molar-refractivity contribution in [1.29, 1.82) is 0 Å². The number of methoxy groups -OCH3 is 1. The van der Waals surface area contributed by atoms with Gasteiger partial charge in [-0.3, -0.25) is 9.36 Å². The minimum absolute atomic E-state index is 0.0930. The molecule has 0 aliphatic carbocycles. The number of aromatic nitrogens is 2. The molecule has 0 atom stereocenters. The number of carbonyl (C=O) groups is 2. The summed E-state index contributed by atoms with van der Waals surface area (Å²) in [4.78, 5) is 31.8. The van der Waals surface area contributed by atoms with Crippen LogP contribution in [0.1, 0.15) is 60.7 Å². The second kappa shape index (κ2) is 7.06. The molecule has 0 saturated heterocycles. The largest absolute Gasteiger partial charge is 0.497 e. The third kappa shape index (κ3) is 3.67. The van der Waals surface area contributed by atoms with Crippen molar-refractivity contribution in [3.8, 4) is 11.4 Å². The number of nitrogens with zero attached hydrogens (tertiary/aromatic N) is 3. The zero-order valence-electron chi connectivity index (χ0n) is 16.4. The maximum Gasteiger partial charge on any atom is 0.359 e. The predicted octanol–water partition coefficient (Wildman–Crippen LogP) is 3.20. The second-order valence-corrected chi connectivity index (χ2v) is 7.52. The Bertz CT molecular complexity index is 880. The van der Waals surface area contributed by atoms with Crippen LogP contribution in [0, 0.1) is 0 Å². The Hall–Kier alpha value is -2.83. The topological polar surface area (TPSA) is 73.7 Å². The van der Waals surface area contributed by atoms with Crippen molar-refractivity contribution in [2.75, 3.05) is 13.7 Å². The Morgan fingerprint density at radius 2 is 2.04 bits per heavy atom. The number of hydrogen-bond donors (Lipinski definition) is 0. The molecule has 2 aromatic rings. The fourth-order valence-corrected chi connectivity index (χ4v) is 3.13. The molecule has 7 heteroatoms. The Labute approximate surface area is 158 Å². The Balaban J connectivity index is 2.14. The first-order chi connectivity index (χ1) is 12.7. The molecular weight excluding hydrogens is 346 g/mol. The summed E-state index contributed by atoms with van der Waals surface area (Å²) in [7, 11) is 1.57.